The maximum atomic E-state index is 12.1. The van der Waals surface area contributed by atoms with Gasteiger partial charge in [0.15, 0.2) is 24.4 Å². The summed E-state index contributed by atoms with van der Waals surface area (Å²) in [6, 6.07) is 35.6. The zero-order valence-corrected chi connectivity index (χ0v) is 39.8. The van der Waals surface area contributed by atoms with Crippen LogP contribution in [-0.2, 0) is 41.6 Å². The topological polar surface area (TPSA) is 319 Å². The number of hydrogen-bond acceptors (Lipinski definition) is 24. The third-order valence-corrected chi connectivity index (χ3v) is 9.26. The molecule has 0 radical (unpaired) electrons. The number of nitrogens with zero attached hydrogens (tertiary/aromatic N) is 12. The average molecular weight is 987 g/mol. The predicted molar refractivity (Wildman–Crippen MR) is 247 cm³/mol. The van der Waals surface area contributed by atoms with Gasteiger partial charge in [0.2, 0.25) is 34.9 Å². The van der Waals surface area contributed by atoms with Crippen LogP contribution in [0.2, 0.25) is 0 Å². The Morgan fingerprint density at radius 1 is 0.361 bits per heavy atom. The van der Waals surface area contributed by atoms with E-state index < -0.39 is 60.9 Å². The lowest BCUT2D eigenvalue weighted by Crippen LogP contribution is -2.17. The van der Waals surface area contributed by atoms with E-state index in [0.29, 0.717) is 11.1 Å². The highest BCUT2D eigenvalue weighted by atomic mass is 16.7. The van der Waals surface area contributed by atoms with Crippen LogP contribution in [0.1, 0.15) is 145 Å². The van der Waals surface area contributed by atoms with E-state index in [2.05, 4.69) is 61.2 Å². The minimum absolute atomic E-state index is 0.0734. The number of benzene rings is 4. The molecule has 4 aromatic carbocycles. The van der Waals surface area contributed by atoms with Gasteiger partial charge in [-0.1, -0.05) is 97.1 Å². The van der Waals surface area contributed by atoms with Crippen molar-refractivity contribution < 1.29 is 57.8 Å². The molecule has 24 heteroatoms. The first-order valence-corrected chi connectivity index (χ1v) is 22.0. The summed E-state index contributed by atoms with van der Waals surface area (Å²) in [5.41, 5.74) is 2.51. The van der Waals surface area contributed by atoms with Gasteiger partial charge in [-0.05, 0) is 76.9 Å². The fourth-order valence-corrected chi connectivity index (χ4v) is 5.33. The van der Waals surface area contributed by atoms with Crippen molar-refractivity contribution in [1.82, 2.24) is 61.2 Å². The highest BCUT2D eigenvalue weighted by Crippen LogP contribution is 2.19. The molecule has 0 spiro atoms. The standard InChI is InChI=1S/C22H22N4O6.C20H18N4O4.C6H10N4O2/c1-15(31-21(27)29-13-17-9-5-3-6-10-17)19-23-25-20(26-24-19)16(2)32-22(28)30-14-18-11-7-4-8-12-18;1-13(27-19(25)15-9-5-3-6-10-15)17-21-23-18(24-22-17)14(2)28-20(26)16-11-7-4-8-12-16;1-3(11)5-7-9-6(4(2)12)10-8-5/h3-12,15-16H,13-14H2,1-2H3;3-14H,1-2H3;3-4,11-12H,1-2H3. The van der Waals surface area contributed by atoms with Gasteiger partial charge in [-0.15, -0.1) is 61.2 Å². The Kier molecular flexibility index (Phi) is 21.0. The van der Waals surface area contributed by atoms with Crippen LogP contribution in [0.3, 0.4) is 0 Å². The summed E-state index contributed by atoms with van der Waals surface area (Å²) in [5, 5.41) is 63.5. The number of aromatic nitrogens is 12. The molecule has 6 unspecified atom stereocenters. The maximum Gasteiger partial charge on any atom is 0.509 e. The minimum atomic E-state index is -0.869. The minimum Gasteiger partial charge on any atom is -0.451 e. The first-order chi connectivity index (χ1) is 34.7. The smallest absolute Gasteiger partial charge is 0.451 e. The quantitative estimate of drug-likeness (QED) is 0.0763. The van der Waals surface area contributed by atoms with Crippen LogP contribution in [0, 0.1) is 0 Å². The van der Waals surface area contributed by atoms with Gasteiger partial charge < -0.3 is 38.6 Å². The van der Waals surface area contributed by atoms with Crippen molar-refractivity contribution in [3.63, 3.8) is 0 Å². The number of carbonyl (C=O) groups is 4. The van der Waals surface area contributed by atoms with E-state index in [1.54, 1.807) is 76.2 Å². The second-order valence-corrected chi connectivity index (χ2v) is 15.1. The summed E-state index contributed by atoms with van der Waals surface area (Å²) in [6.07, 6.45) is -6.44. The summed E-state index contributed by atoms with van der Waals surface area (Å²) in [7, 11) is 0. The van der Waals surface area contributed by atoms with Crippen molar-refractivity contribution in [3.05, 3.63) is 179 Å². The molecule has 0 aliphatic heterocycles. The summed E-state index contributed by atoms with van der Waals surface area (Å²) >= 11 is 0. The SMILES string of the molecule is CC(O)c1nnc(C(C)O)nn1.CC(OC(=O)OCc1ccccc1)c1nnc(C(C)OC(=O)OCc2ccccc2)nn1.CC(OC(=O)c1ccccc1)c1nnc(C(C)OC(=O)c2ccccc2)nn1. The van der Waals surface area contributed by atoms with Gasteiger partial charge >= 0.3 is 24.2 Å². The Hall–Kier alpha value is -8.90. The van der Waals surface area contributed by atoms with Gasteiger partial charge in [-0.2, -0.15) is 0 Å². The van der Waals surface area contributed by atoms with Crippen molar-refractivity contribution in [2.45, 2.75) is 91.4 Å². The molecule has 374 valence electrons. The highest BCUT2D eigenvalue weighted by Gasteiger charge is 2.23. The molecule has 0 saturated heterocycles. The molecule has 72 heavy (non-hydrogen) atoms. The fraction of sp³-hybridized carbons (Fsp3) is 0.292. The Balaban J connectivity index is 0.000000219. The molecule has 0 fully saturated rings. The van der Waals surface area contributed by atoms with E-state index in [-0.39, 0.29) is 48.2 Å². The molecule has 0 bridgehead atoms. The number of esters is 2. The van der Waals surface area contributed by atoms with E-state index in [0.717, 1.165) is 11.1 Å². The molecule has 0 aliphatic rings. The van der Waals surface area contributed by atoms with Crippen LogP contribution < -0.4 is 0 Å². The second-order valence-electron chi connectivity index (χ2n) is 15.1. The average Bonchev–Trinajstić information content (AvgIpc) is 3.41. The number of carbonyl (C=O) groups excluding carboxylic acids is 4. The van der Waals surface area contributed by atoms with Gasteiger partial charge in [0.25, 0.3) is 0 Å². The molecule has 3 aromatic heterocycles. The molecule has 7 rings (SSSR count). The van der Waals surface area contributed by atoms with Crippen molar-refractivity contribution in [2.75, 3.05) is 0 Å². The number of rotatable bonds is 16. The van der Waals surface area contributed by atoms with E-state index in [4.69, 9.17) is 38.6 Å². The molecule has 0 aliphatic carbocycles. The summed E-state index contributed by atoms with van der Waals surface area (Å²) in [4.78, 5) is 47.9. The molecule has 7 aromatic rings. The zero-order chi connectivity index (χ0) is 51.8. The van der Waals surface area contributed by atoms with E-state index in [1.165, 1.54) is 13.8 Å². The van der Waals surface area contributed by atoms with Crippen LogP contribution in [0.5, 0.6) is 0 Å². The van der Waals surface area contributed by atoms with E-state index in [1.807, 2.05) is 72.8 Å². The third kappa shape index (κ3) is 17.9. The molecule has 2 N–H and O–H groups in total. The normalized spacial score (nSPS) is 13.0. The van der Waals surface area contributed by atoms with Crippen LogP contribution in [0.15, 0.2) is 121 Å². The van der Waals surface area contributed by atoms with E-state index in [9.17, 15) is 19.2 Å². The van der Waals surface area contributed by atoms with Gasteiger partial charge in [0.05, 0.1) is 11.1 Å². The van der Waals surface area contributed by atoms with Crippen LogP contribution in [0.4, 0.5) is 9.59 Å². The molecule has 24 nitrogen and oxygen atoms in total. The fourth-order valence-electron chi connectivity index (χ4n) is 5.33. The van der Waals surface area contributed by atoms with Crippen LogP contribution in [0.25, 0.3) is 0 Å². The highest BCUT2D eigenvalue weighted by molar-refractivity contribution is 5.89. The lowest BCUT2D eigenvalue weighted by molar-refractivity contribution is 0.0168. The summed E-state index contributed by atoms with van der Waals surface area (Å²) in [6.45, 7) is 9.56. The zero-order valence-electron chi connectivity index (χ0n) is 39.8. The lowest BCUT2D eigenvalue weighted by Gasteiger charge is -2.13. The second kappa shape index (κ2) is 27.9. The van der Waals surface area contributed by atoms with Crippen molar-refractivity contribution >= 4 is 24.2 Å². The van der Waals surface area contributed by atoms with E-state index >= 15 is 0 Å². The Labute approximate surface area is 412 Å². The molecule has 3 heterocycles. The molecule has 6 atom stereocenters. The monoisotopic (exact) mass is 986 g/mol. The van der Waals surface area contributed by atoms with Gasteiger partial charge in [-0.3, -0.25) is 0 Å². The molecule has 0 amide bonds. The first kappa shape index (κ1) is 54.0. The predicted octanol–water partition coefficient (Wildman–Crippen LogP) is 6.57. The molecular formula is C48H50N12O12. The first-order valence-electron chi connectivity index (χ1n) is 22.0. The van der Waals surface area contributed by atoms with Crippen molar-refractivity contribution in [2.24, 2.45) is 0 Å². The molecule has 0 saturated carbocycles. The van der Waals surface area contributed by atoms with Crippen molar-refractivity contribution in [1.29, 1.82) is 0 Å². The number of hydrogen-bond donors (Lipinski definition) is 2. The summed E-state index contributed by atoms with van der Waals surface area (Å²) < 4.78 is 31.0. The van der Waals surface area contributed by atoms with Crippen LogP contribution >= 0.6 is 0 Å². The molecular weight excluding hydrogens is 937 g/mol. The number of ether oxygens (including phenoxy) is 6. The number of aliphatic hydroxyl groups excluding tert-OH is 2. The van der Waals surface area contributed by atoms with Gasteiger partial charge in [0, 0.05) is 0 Å². The van der Waals surface area contributed by atoms with Crippen molar-refractivity contribution in [3.8, 4) is 0 Å². The maximum absolute atomic E-state index is 12.1. The Morgan fingerprint density at radius 3 is 0.861 bits per heavy atom. The van der Waals surface area contributed by atoms with Gasteiger partial charge in [-0.25, -0.2) is 19.2 Å². The largest absolute Gasteiger partial charge is 0.509 e. The lowest BCUT2D eigenvalue weighted by atomic mass is 10.2. The third-order valence-electron chi connectivity index (χ3n) is 9.26. The Morgan fingerprint density at radius 2 is 0.597 bits per heavy atom. The van der Waals surface area contributed by atoms with Gasteiger partial charge in [0.1, 0.15) is 25.4 Å². The Bertz CT molecular complexity index is 2550. The van der Waals surface area contributed by atoms with Crippen LogP contribution in [-0.4, -0.2) is 95.6 Å². The number of aliphatic hydroxyl groups is 2. The summed E-state index contributed by atoms with van der Waals surface area (Å²) in [5.74, 6) is -0.242.